The summed E-state index contributed by atoms with van der Waals surface area (Å²) in [7, 11) is 0. The van der Waals surface area contributed by atoms with Crippen molar-refractivity contribution in [1.82, 2.24) is 10.2 Å². The zero-order valence-electron chi connectivity index (χ0n) is 15.1. The highest BCUT2D eigenvalue weighted by Crippen LogP contribution is 2.19. The standard InChI is InChI=1S/C18H24N2O6/c1-18(2,3)26-16(23)19-14-10-20(9-13(14)15(21)22)17(24)25-11-12-7-5-4-6-8-12/h4-8,13-14H,9-11H2,1-3H3,(H,19,23)(H,21,22)/p-1/t13-,14-/m1/s1. The maximum Gasteiger partial charge on any atom is 0.410 e. The number of carbonyl (C=O) groups is 3. The number of aliphatic carboxylic acids is 1. The van der Waals surface area contributed by atoms with Crippen LogP contribution in [0.25, 0.3) is 0 Å². The molecule has 1 aromatic carbocycles. The predicted molar refractivity (Wildman–Crippen MR) is 89.9 cm³/mol. The van der Waals surface area contributed by atoms with Crippen molar-refractivity contribution in [2.75, 3.05) is 13.1 Å². The van der Waals surface area contributed by atoms with Gasteiger partial charge in [0.05, 0.1) is 6.04 Å². The second-order valence-electron chi connectivity index (χ2n) is 7.12. The molecule has 2 atom stereocenters. The number of carbonyl (C=O) groups excluding carboxylic acids is 3. The molecule has 1 aliphatic heterocycles. The van der Waals surface area contributed by atoms with E-state index in [1.807, 2.05) is 30.3 Å². The van der Waals surface area contributed by atoms with Crippen LogP contribution in [0.3, 0.4) is 0 Å². The number of alkyl carbamates (subject to hydrolysis) is 1. The zero-order chi connectivity index (χ0) is 19.3. The van der Waals surface area contributed by atoms with E-state index in [1.54, 1.807) is 20.8 Å². The molecule has 142 valence electrons. The van der Waals surface area contributed by atoms with Crippen LogP contribution in [0.4, 0.5) is 9.59 Å². The average Bonchev–Trinajstić information content (AvgIpc) is 2.95. The smallest absolute Gasteiger partial charge is 0.410 e. The van der Waals surface area contributed by atoms with E-state index < -0.39 is 35.7 Å². The number of hydrogen-bond donors (Lipinski definition) is 1. The van der Waals surface area contributed by atoms with Gasteiger partial charge in [-0.1, -0.05) is 30.3 Å². The van der Waals surface area contributed by atoms with E-state index in [4.69, 9.17) is 9.47 Å². The monoisotopic (exact) mass is 363 g/mol. The SMILES string of the molecule is CC(C)(C)OC(=O)N[C@@H]1CN(C(=O)OCc2ccccc2)C[C@H]1C(=O)[O-]. The van der Waals surface area contributed by atoms with Gasteiger partial charge in [0.25, 0.3) is 0 Å². The maximum absolute atomic E-state index is 12.2. The number of rotatable bonds is 4. The summed E-state index contributed by atoms with van der Waals surface area (Å²) in [6.07, 6.45) is -1.39. The van der Waals surface area contributed by atoms with Gasteiger partial charge in [0.2, 0.25) is 0 Å². The zero-order valence-corrected chi connectivity index (χ0v) is 15.1. The fourth-order valence-electron chi connectivity index (χ4n) is 2.61. The summed E-state index contributed by atoms with van der Waals surface area (Å²) in [5.41, 5.74) is 0.105. The number of likely N-dealkylation sites (tertiary alicyclic amines) is 1. The molecule has 2 rings (SSSR count). The number of benzene rings is 1. The third-order valence-electron chi connectivity index (χ3n) is 3.79. The minimum Gasteiger partial charge on any atom is -0.550 e. The quantitative estimate of drug-likeness (QED) is 0.851. The number of ether oxygens (including phenoxy) is 2. The fraction of sp³-hybridized carbons (Fsp3) is 0.500. The molecule has 26 heavy (non-hydrogen) atoms. The predicted octanol–water partition coefficient (Wildman–Crippen LogP) is 0.898. The fourth-order valence-corrected chi connectivity index (χ4v) is 2.61. The van der Waals surface area contributed by atoms with Crippen LogP contribution in [0.15, 0.2) is 30.3 Å². The van der Waals surface area contributed by atoms with E-state index in [9.17, 15) is 19.5 Å². The Labute approximate surface area is 152 Å². The van der Waals surface area contributed by atoms with E-state index in [-0.39, 0.29) is 19.7 Å². The van der Waals surface area contributed by atoms with Crippen LogP contribution in [-0.4, -0.2) is 47.8 Å². The van der Waals surface area contributed by atoms with Crippen LogP contribution in [0.2, 0.25) is 0 Å². The van der Waals surface area contributed by atoms with Crippen LogP contribution in [0.5, 0.6) is 0 Å². The first-order valence-electron chi connectivity index (χ1n) is 8.32. The lowest BCUT2D eigenvalue weighted by Crippen LogP contribution is -2.48. The number of nitrogens with one attached hydrogen (secondary N) is 1. The molecule has 0 unspecified atom stereocenters. The minimum absolute atomic E-state index is 0.00547. The summed E-state index contributed by atoms with van der Waals surface area (Å²) >= 11 is 0. The lowest BCUT2D eigenvalue weighted by Gasteiger charge is -2.24. The molecule has 0 aliphatic carbocycles. The van der Waals surface area contributed by atoms with E-state index in [2.05, 4.69) is 5.32 Å². The third kappa shape index (κ3) is 5.65. The maximum atomic E-state index is 12.2. The largest absolute Gasteiger partial charge is 0.550 e. The Morgan fingerprint density at radius 3 is 2.42 bits per heavy atom. The number of carboxylic acid groups (broad SMARTS) is 1. The molecule has 0 radical (unpaired) electrons. The van der Waals surface area contributed by atoms with Gasteiger partial charge in [-0.3, -0.25) is 0 Å². The molecular formula is C18H23N2O6-. The van der Waals surface area contributed by atoms with Gasteiger partial charge in [0.15, 0.2) is 0 Å². The van der Waals surface area contributed by atoms with Crippen LogP contribution in [0.1, 0.15) is 26.3 Å². The number of carboxylic acids is 1. The molecule has 1 aliphatic rings. The van der Waals surface area contributed by atoms with Crippen LogP contribution in [0, 0.1) is 5.92 Å². The number of nitrogens with zero attached hydrogens (tertiary/aromatic N) is 1. The van der Waals surface area contributed by atoms with Gasteiger partial charge in [-0.15, -0.1) is 0 Å². The molecule has 0 bridgehead atoms. The van der Waals surface area contributed by atoms with Gasteiger partial charge in [0.1, 0.15) is 12.2 Å². The van der Waals surface area contributed by atoms with Crippen molar-refractivity contribution in [2.24, 2.45) is 5.92 Å². The summed E-state index contributed by atoms with van der Waals surface area (Å²) in [6.45, 7) is 5.08. The summed E-state index contributed by atoms with van der Waals surface area (Å²) in [5, 5.41) is 13.8. The van der Waals surface area contributed by atoms with Crippen molar-refractivity contribution in [3.05, 3.63) is 35.9 Å². The molecular weight excluding hydrogens is 340 g/mol. The molecule has 1 saturated heterocycles. The van der Waals surface area contributed by atoms with Gasteiger partial charge in [-0.05, 0) is 26.3 Å². The molecule has 0 saturated carbocycles. The highest BCUT2D eigenvalue weighted by molar-refractivity contribution is 5.76. The van der Waals surface area contributed by atoms with Crippen LogP contribution >= 0.6 is 0 Å². The Kier molecular flexibility index (Phi) is 6.07. The lowest BCUT2D eigenvalue weighted by atomic mass is 10.0. The molecule has 8 nitrogen and oxygen atoms in total. The Morgan fingerprint density at radius 2 is 1.85 bits per heavy atom. The third-order valence-corrected chi connectivity index (χ3v) is 3.79. The van der Waals surface area contributed by atoms with Crippen LogP contribution in [-0.2, 0) is 20.9 Å². The minimum atomic E-state index is -1.34. The van der Waals surface area contributed by atoms with E-state index >= 15 is 0 Å². The van der Waals surface area contributed by atoms with Crippen molar-refractivity contribution in [2.45, 2.75) is 39.0 Å². The Bertz CT molecular complexity index is 655. The van der Waals surface area contributed by atoms with Crippen molar-refractivity contribution in [3.8, 4) is 0 Å². The van der Waals surface area contributed by atoms with Gasteiger partial charge in [0, 0.05) is 25.0 Å². The van der Waals surface area contributed by atoms with Gasteiger partial charge in [-0.25, -0.2) is 9.59 Å². The molecule has 1 aromatic rings. The lowest BCUT2D eigenvalue weighted by molar-refractivity contribution is -0.311. The topological polar surface area (TPSA) is 108 Å². The van der Waals surface area contributed by atoms with E-state index in [0.29, 0.717) is 0 Å². The highest BCUT2D eigenvalue weighted by atomic mass is 16.6. The molecule has 1 fully saturated rings. The van der Waals surface area contributed by atoms with Gasteiger partial charge >= 0.3 is 12.2 Å². The average molecular weight is 363 g/mol. The normalized spacial score (nSPS) is 19.7. The Morgan fingerprint density at radius 1 is 1.19 bits per heavy atom. The van der Waals surface area contributed by atoms with E-state index in [1.165, 1.54) is 4.90 Å². The molecule has 1 heterocycles. The molecule has 0 spiro atoms. The first-order valence-corrected chi connectivity index (χ1v) is 8.32. The molecule has 1 N–H and O–H groups in total. The van der Waals surface area contributed by atoms with Crippen molar-refractivity contribution in [3.63, 3.8) is 0 Å². The van der Waals surface area contributed by atoms with Crippen LogP contribution < -0.4 is 10.4 Å². The van der Waals surface area contributed by atoms with Crippen molar-refractivity contribution in [1.29, 1.82) is 0 Å². The second kappa shape index (κ2) is 8.07. The van der Waals surface area contributed by atoms with E-state index in [0.717, 1.165) is 5.56 Å². The van der Waals surface area contributed by atoms with Gasteiger partial charge < -0.3 is 29.6 Å². The summed E-state index contributed by atoms with van der Waals surface area (Å²) < 4.78 is 10.3. The summed E-state index contributed by atoms with van der Waals surface area (Å²) in [4.78, 5) is 36.7. The van der Waals surface area contributed by atoms with Crippen molar-refractivity contribution >= 4 is 18.2 Å². The Balaban J connectivity index is 1.93. The second-order valence-corrected chi connectivity index (χ2v) is 7.12. The van der Waals surface area contributed by atoms with Crippen molar-refractivity contribution < 1.29 is 29.0 Å². The summed E-state index contributed by atoms with van der Waals surface area (Å²) in [6, 6.07) is 8.32. The number of amides is 2. The first kappa shape index (κ1) is 19.6. The van der Waals surface area contributed by atoms with Gasteiger partial charge in [-0.2, -0.15) is 0 Å². The first-order chi connectivity index (χ1) is 12.2. The molecule has 0 aromatic heterocycles. The molecule has 2 amide bonds. The highest BCUT2D eigenvalue weighted by Gasteiger charge is 2.38. The number of hydrogen-bond acceptors (Lipinski definition) is 6. The summed E-state index contributed by atoms with van der Waals surface area (Å²) in [5.74, 6) is -2.38. The Hall–Kier alpha value is -2.77. The molecule has 8 heteroatoms.